The molecule has 0 amide bonds. The Kier molecular flexibility index (Phi) is 4.20. The van der Waals surface area contributed by atoms with Gasteiger partial charge in [0.25, 0.3) is 5.89 Å². The van der Waals surface area contributed by atoms with Crippen LogP contribution in [-0.2, 0) is 17.7 Å². The van der Waals surface area contributed by atoms with Crippen LogP contribution in [0.4, 0.5) is 0 Å². The molecule has 1 atom stereocenters. The molecule has 0 spiro atoms. The molecular formula is C24H24N6O3. The van der Waals surface area contributed by atoms with Crippen molar-refractivity contribution in [3.05, 3.63) is 47.8 Å². The van der Waals surface area contributed by atoms with E-state index in [2.05, 4.69) is 37.7 Å². The molecule has 33 heavy (non-hydrogen) atoms. The van der Waals surface area contributed by atoms with Crippen molar-refractivity contribution in [1.29, 1.82) is 0 Å². The van der Waals surface area contributed by atoms with Gasteiger partial charge in [0.15, 0.2) is 11.5 Å². The van der Waals surface area contributed by atoms with E-state index in [1.54, 1.807) is 7.11 Å². The van der Waals surface area contributed by atoms with Gasteiger partial charge in [-0.2, -0.15) is 10.1 Å². The molecule has 0 N–H and O–H groups in total. The van der Waals surface area contributed by atoms with Gasteiger partial charge in [-0.25, -0.2) is 4.98 Å². The van der Waals surface area contributed by atoms with Crippen LogP contribution in [0.1, 0.15) is 42.3 Å². The van der Waals surface area contributed by atoms with Crippen LogP contribution < -0.4 is 4.74 Å². The number of methoxy groups -OCH3 is 1. The van der Waals surface area contributed by atoms with Crippen molar-refractivity contribution in [3.63, 3.8) is 0 Å². The van der Waals surface area contributed by atoms with Gasteiger partial charge >= 0.3 is 0 Å². The average Bonchev–Trinajstić information content (AvgIpc) is 3.21. The van der Waals surface area contributed by atoms with Gasteiger partial charge in [-0.3, -0.25) is 4.68 Å². The molecule has 1 aliphatic carbocycles. The van der Waals surface area contributed by atoms with E-state index >= 15 is 0 Å². The standard InChI is InChI=1S/C24H24N6O3/c1-31-17-4-5-19-18(9-17)21-16(11-29(27-21)10-14-6-7-32-12-14)8-20-22(25-13-30(19)20)24-26-23(28-33-24)15-2-3-15/h4-5,9,11,13-15H,2-3,6-8,10,12H2,1H3. The number of aromatic nitrogens is 6. The van der Waals surface area contributed by atoms with E-state index in [1.807, 2.05) is 12.4 Å². The second-order valence-corrected chi connectivity index (χ2v) is 9.16. The normalized spacial score (nSPS) is 19.1. The topological polar surface area (TPSA) is 93.0 Å². The van der Waals surface area contributed by atoms with E-state index in [0.29, 0.717) is 24.1 Å². The molecule has 4 aromatic rings. The Bertz CT molecular complexity index is 1340. The van der Waals surface area contributed by atoms with Gasteiger partial charge in [-0.1, -0.05) is 5.16 Å². The van der Waals surface area contributed by atoms with Crippen LogP contribution in [-0.4, -0.2) is 49.8 Å². The predicted molar refractivity (Wildman–Crippen MR) is 118 cm³/mol. The molecule has 1 saturated heterocycles. The summed E-state index contributed by atoms with van der Waals surface area (Å²) in [4.78, 5) is 9.36. The molecule has 2 fully saturated rings. The lowest BCUT2D eigenvalue weighted by atomic mass is 10.0. The maximum Gasteiger partial charge on any atom is 0.278 e. The fourth-order valence-electron chi connectivity index (χ4n) is 4.89. The SMILES string of the molecule is COc1ccc2c(c1)-c1nn(CC3CCOC3)cc1Cc1c(-c3nc(C4CC4)no3)ncn1-2. The maximum absolute atomic E-state index is 5.63. The first-order valence-corrected chi connectivity index (χ1v) is 11.5. The lowest BCUT2D eigenvalue weighted by Crippen LogP contribution is -2.11. The third kappa shape index (κ3) is 3.18. The summed E-state index contributed by atoms with van der Waals surface area (Å²) in [7, 11) is 1.69. The highest BCUT2D eigenvalue weighted by atomic mass is 16.5. The fraction of sp³-hybridized carbons (Fsp3) is 0.417. The Balaban J connectivity index is 1.35. The van der Waals surface area contributed by atoms with Crippen molar-refractivity contribution < 1.29 is 14.0 Å². The molecule has 0 bridgehead atoms. The Hall–Kier alpha value is -3.46. The first kappa shape index (κ1) is 19.0. The van der Waals surface area contributed by atoms with Gasteiger partial charge in [-0.05, 0) is 37.5 Å². The third-order valence-electron chi connectivity index (χ3n) is 6.84. The summed E-state index contributed by atoms with van der Waals surface area (Å²) in [5.41, 5.74) is 5.92. The minimum absolute atomic E-state index is 0.432. The van der Waals surface area contributed by atoms with Crippen molar-refractivity contribution in [3.8, 4) is 34.3 Å². The van der Waals surface area contributed by atoms with Crippen LogP contribution in [0.15, 0.2) is 35.2 Å². The molecule has 9 heteroatoms. The molecule has 3 aromatic heterocycles. The van der Waals surface area contributed by atoms with E-state index in [-0.39, 0.29) is 0 Å². The first-order chi connectivity index (χ1) is 16.3. The Morgan fingerprint density at radius 3 is 2.94 bits per heavy atom. The van der Waals surface area contributed by atoms with Gasteiger partial charge in [0.2, 0.25) is 0 Å². The fourth-order valence-corrected chi connectivity index (χ4v) is 4.89. The van der Waals surface area contributed by atoms with Crippen molar-refractivity contribution in [2.24, 2.45) is 5.92 Å². The summed E-state index contributed by atoms with van der Waals surface area (Å²) < 4.78 is 20.9. The second kappa shape index (κ2) is 7.28. The van der Waals surface area contributed by atoms with E-state index in [0.717, 1.165) is 84.5 Å². The van der Waals surface area contributed by atoms with E-state index < -0.39 is 0 Å². The summed E-state index contributed by atoms with van der Waals surface area (Å²) in [6, 6.07) is 6.08. The number of hydrogen-bond acceptors (Lipinski definition) is 7. The summed E-state index contributed by atoms with van der Waals surface area (Å²) in [5.74, 6) is 3.01. The van der Waals surface area contributed by atoms with E-state index in [4.69, 9.17) is 24.1 Å². The number of fused-ring (bicyclic) bond motifs is 5. The smallest absolute Gasteiger partial charge is 0.278 e. The number of benzene rings is 1. The molecule has 1 saturated carbocycles. The Morgan fingerprint density at radius 1 is 1.18 bits per heavy atom. The van der Waals surface area contributed by atoms with Crippen LogP contribution in [0.25, 0.3) is 28.5 Å². The number of hydrogen-bond donors (Lipinski definition) is 0. The summed E-state index contributed by atoms with van der Waals surface area (Å²) in [5, 5.41) is 9.21. The quantitative estimate of drug-likeness (QED) is 0.409. The molecule has 3 aliphatic rings. The minimum atomic E-state index is 0.432. The van der Waals surface area contributed by atoms with Crippen molar-refractivity contribution in [2.45, 2.75) is 38.1 Å². The largest absolute Gasteiger partial charge is 0.497 e. The van der Waals surface area contributed by atoms with Crippen molar-refractivity contribution >= 4 is 0 Å². The number of ether oxygens (including phenoxy) is 2. The van der Waals surface area contributed by atoms with Crippen molar-refractivity contribution in [2.75, 3.05) is 20.3 Å². The molecule has 168 valence electrons. The average molecular weight is 444 g/mol. The van der Waals surface area contributed by atoms with Gasteiger partial charge in [-0.15, -0.1) is 0 Å². The van der Waals surface area contributed by atoms with Gasteiger partial charge in [0.1, 0.15) is 12.1 Å². The Morgan fingerprint density at radius 2 is 2.12 bits per heavy atom. The highest BCUT2D eigenvalue weighted by molar-refractivity contribution is 5.77. The van der Waals surface area contributed by atoms with E-state index in [1.165, 1.54) is 0 Å². The highest BCUT2D eigenvalue weighted by Gasteiger charge is 2.32. The minimum Gasteiger partial charge on any atom is -0.497 e. The molecule has 1 unspecified atom stereocenters. The first-order valence-electron chi connectivity index (χ1n) is 11.5. The van der Waals surface area contributed by atoms with Gasteiger partial charge in [0, 0.05) is 48.7 Å². The molecule has 9 nitrogen and oxygen atoms in total. The van der Waals surface area contributed by atoms with Crippen molar-refractivity contribution in [1.82, 2.24) is 29.5 Å². The lowest BCUT2D eigenvalue weighted by molar-refractivity contribution is 0.181. The number of imidazole rings is 1. The zero-order valence-corrected chi connectivity index (χ0v) is 18.4. The molecule has 5 heterocycles. The Labute approximate surface area is 190 Å². The summed E-state index contributed by atoms with van der Waals surface area (Å²) >= 11 is 0. The summed E-state index contributed by atoms with van der Waals surface area (Å²) in [6.07, 6.45) is 8.00. The molecule has 0 radical (unpaired) electrons. The second-order valence-electron chi connectivity index (χ2n) is 9.16. The van der Waals surface area contributed by atoms with Gasteiger partial charge < -0.3 is 18.6 Å². The zero-order valence-electron chi connectivity index (χ0n) is 18.4. The molecular weight excluding hydrogens is 420 g/mol. The van der Waals surface area contributed by atoms with Crippen LogP contribution in [0, 0.1) is 5.92 Å². The number of nitrogens with zero attached hydrogens (tertiary/aromatic N) is 6. The van der Waals surface area contributed by atoms with Crippen LogP contribution in [0.2, 0.25) is 0 Å². The van der Waals surface area contributed by atoms with Crippen LogP contribution in [0.3, 0.4) is 0 Å². The molecule has 1 aromatic carbocycles. The maximum atomic E-state index is 5.63. The molecule has 7 rings (SSSR count). The van der Waals surface area contributed by atoms with E-state index in [9.17, 15) is 0 Å². The highest BCUT2D eigenvalue weighted by Crippen LogP contribution is 2.41. The summed E-state index contributed by atoms with van der Waals surface area (Å²) in [6.45, 7) is 2.49. The third-order valence-corrected chi connectivity index (χ3v) is 6.84. The van der Waals surface area contributed by atoms with Gasteiger partial charge in [0.05, 0.1) is 30.8 Å². The predicted octanol–water partition coefficient (Wildman–Crippen LogP) is 3.61. The molecule has 2 aliphatic heterocycles. The number of rotatable bonds is 5. The monoisotopic (exact) mass is 444 g/mol. The lowest BCUT2D eigenvalue weighted by Gasteiger charge is -2.12. The zero-order chi connectivity index (χ0) is 21.9. The van der Waals surface area contributed by atoms with Crippen LogP contribution in [0.5, 0.6) is 5.75 Å². The van der Waals surface area contributed by atoms with Crippen LogP contribution >= 0.6 is 0 Å².